The molecule has 118 valence electrons. The first-order valence-corrected chi connectivity index (χ1v) is 8.59. The van der Waals surface area contributed by atoms with Crippen LogP contribution in [0.3, 0.4) is 0 Å². The van der Waals surface area contributed by atoms with Crippen molar-refractivity contribution in [2.75, 3.05) is 13.2 Å². The lowest BCUT2D eigenvalue weighted by atomic mass is 10.0. The van der Waals surface area contributed by atoms with Crippen LogP contribution in [0.25, 0.3) is 0 Å². The smallest absolute Gasteiger partial charge is 0.0717 e. The van der Waals surface area contributed by atoms with E-state index in [9.17, 15) is 0 Å². The maximum absolute atomic E-state index is 5.94. The Bertz CT molecular complexity index is 370. The van der Waals surface area contributed by atoms with Crippen molar-refractivity contribution < 1.29 is 4.74 Å². The van der Waals surface area contributed by atoms with E-state index in [0.29, 0.717) is 12.0 Å². The predicted octanol–water partition coefficient (Wildman–Crippen LogP) is 4.40. The van der Waals surface area contributed by atoms with Crippen LogP contribution in [-0.4, -0.2) is 19.2 Å². The van der Waals surface area contributed by atoms with Crippen LogP contribution in [-0.2, 0) is 11.3 Å². The average Bonchev–Trinajstić information content (AvgIpc) is 2.98. The van der Waals surface area contributed by atoms with Crippen molar-refractivity contribution in [3.63, 3.8) is 0 Å². The number of nitrogens with one attached hydrogen (secondary N) is 1. The molecule has 0 amide bonds. The topological polar surface area (TPSA) is 21.3 Å². The summed E-state index contributed by atoms with van der Waals surface area (Å²) in [5.41, 5.74) is 1.26. The SMILES string of the molecule is CC(C)C[C@@H](COCc1ccccc1)NCC1CCCC1. The van der Waals surface area contributed by atoms with Crippen LogP contribution < -0.4 is 5.32 Å². The molecule has 1 aliphatic carbocycles. The second-order valence-corrected chi connectivity index (χ2v) is 6.89. The van der Waals surface area contributed by atoms with Gasteiger partial charge in [0, 0.05) is 6.04 Å². The second-order valence-electron chi connectivity index (χ2n) is 6.89. The summed E-state index contributed by atoms with van der Waals surface area (Å²) in [6.07, 6.45) is 6.86. The average molecular weight is 289 g/mol. The van der Waals surface area contributed by atoms with Crippen LogP contribution in [0.4, 0.5) is 0 Å². The minimum atomic E-state index is 0.495. The van der Waals surface area contributed by atoms with Crippen molar-refractivity contribution in [2.45, 2.75) is 58.6 Å². The lowest BCUT2D eigenvalue weighted by Gasteiger charge is -2.22. The number of hydrogen-bond donors (Lipinski definition) is 1. The Morgan fingerprint density at radius 1 is 1.14 bits per heavy atom. The quantitative estimate of drug-likeness (QED) is 0.727. The molecule has 21 heavy (non-hydrogen) atoms. The molecule has 1 N–H and O–H groups in total. The van der Waals surface area contributed by atoms with Gasteiger partial charge in [0.25, 0.3) is 0 Å². The van der Waals surface area contributed by atoms with E-state index in [1.165, 1.54) is 44.2 Å². The molecule has 0 spiro atoms. The van der Waals surface area contributed by atoms with Gasteiger partial charge >= 0.3 is 0 Å². The number of benzene rings is 1. The van der Waals surface area contributed by atoms with Crippen LogP contribution in [0.15, 0.2) is 30.3 Å². The van der Waals surface area contributed by atoms with Gasteiger partial charge in [0.2, 0.25) is 0 Å². The third kappa shape index (κ3) is 6.62. The molecule has 0 radical (unpaired) electrons. The highest BCUT2D eigenvalue weighted by atomic mass is 16.5. The van der Waals surface area contributed by atoms with Gasteiger partial charge < -0.3 is 10.1 Å². The highest BCUT2D eigenvalue weighted by molar-refractivity contribution is 5.13. The van der Waals surface area contributed by atoms with Gasteiger partial charge in [-0.2, -0.15) is 0 Å². The molecule has 1 aliphatic rings. The highest BCUT2D eigenvalue weighted by Crippen LogP contribution is 2.24. The van der Waals surface area contributed by atoms with Gasteiger partial charge in [-0.25, -0.2) is 0 Å². The molecule has 2 rings (SSSR count). The lowest BCUT2D eigenvalue weighted by Crippen LogP contribution is -2.37. The maximum Gasteiger partial charge on any atom is 0.0717 e. The Labute approximate surface area is 130 Å². The molecular formula is C19H31NO. The van der Waals surface area contributed by atoms with Crippen molar-refractivity contribution in [3.05, 3.63) is 35.9 Å². The zero-order valence-corrected chi connectivity index (χ0v) is 13.7. The Morgan fingerprint density at radius 2 is 1.86 bits per heavy atom. The minimum Gasteiger partial charge on any atom is -0.375 e. The van der Waals surface area contributed by atoms with E-state index in [0.717, 1.165) is 19.1 Å². The predicted molar refractivity (Wildman–Crippen MR) is 89.3 cm³/mol. The highest BCUT2D eigenvalue weighted by Gasteiger charge is 2.17. The Hall–Kier alpha value is -0.860. The summed E-state index contributed by atoms with van der Waals surface area (Å²) in [7, 11) is 0. The first kappa shape index (κ1) is 16.5. The van der Waals surface area contributed by atoms with Crippen LogP contribution in [0.2, 0.25) is 0 Å². The zero-order valence-electron chi connectivity index (χ0n) is 13.7. The molecule has 0 heterocycles. The largest absolute Gasteiger partial charge is 0.375 e. The first-order valence-electron chi connectivity index (χ1n) is 8.59. The first-order chi connectivity index (χ1) is 10.2. The van der Waals surface area contributed by atoms with Gasteiger partial charge in [0.1, 0.15) is 0 Å². The monoisotopic (exact) mass is 289 g/mol. The number of rotatable bonds is 9. The van der Waals surface area contributed by atoms with Crippen molar-refractivity contribution in [3.8, 4) is 0 Å². The molecule has 0 saturated heterocycles. The normalized spacial score (nSPS) is 17.5. The number of ether oxygens (including phenoxy) is 1. The molecule has 0 bridgehead atoms. The summed E-state index contributed by atoms with van der Waals surface area (Å²) in [6, 6.07) is 10.9. The van der Waals surface area contributed by atoms with E-state index < -0.39 is 0 Å². The molecule has 2 nitrogen and oxygen atoms in total. The summed E-state index contributed by atoms with van der Waals surface area (Å²) < 4.78 is 5.94. The van der Waals surface area contributed by atoms with Gasteiger partial charge in [0.15, 0.2) is 0 Å². The Morgan fingerprint density at radius 3 is 2.52 bits per heavy atom. The summed E-state index contributed by atoms with van der Waals surface area (Å²) >= 11 is 0. The maximum atomic E-state index is 5.94. The third-order valence-electron chi connectivity index (χ3n) is 4.36. The summed E-state index contributed by atoms with van der Waals surface area (Å²) in [5, 5.41) is 3.75. The van der Waals surface area contributed by atoms with Crippen LogP contribution in [0, 0.1) is 11.8 Å². The molecule has 0 unspecified atom stereocenters. The van der Waals surface area contributed by atoms with Crippen molar-refractivity contribution in [1.29, 1.82) is 0 Å². The summed E-state index contributed by atoms with van der Waals surface area (Å²) in [6.45, 7) is 7.30. The fraction of sp³-hybridized carbons (Fsp3) is 0.684. The summed E-state index contributed by atoms with van der Waals surface area (Å²) in [5.74, 6) is 1.61. The lowest BCUT2D eigenvalue weighted by molar-refractivity contribution is 0.0914. The van der Waals surface area contributed by atoms with Gasteiger partial charge in [-0.1, -0.05) is 57.0 Å². The van der Waals surface area contributed by atoms with E-state index in [4.69, 9.17) is 4.74 Å². The second kappa shape index (κ2) is 9.22. The van der Waals surface area contributed by atoms with E-state index in [2.05, 4.69) is 43.4 Å². The molecule has 1 saturated carbocycles. The van der Waals surface area contributed by atoms with Crippen LogP contribution in [0.5, 0.6) is 0 Å². The molecule has 1 aromatic carbocycles. The summed E-state index contributed by atoms with van der Waals surface area (Å²) in [4.78, 5) is 0. The van der Waals surface area contributed by atoms with Crippen molar-refractivity contribution in [2.24, 2.45) is 11.8 Å². The fourth-order valence-corrected chi connectivity index (χ4v) is 3.22. The van der Waals surface area contributed by atoms with Gasteiger partial charge in [-0.05, 0) is 43.2 Å². The fourth-order valence-electron chi connectivity index (χ4n) is 3.22. The minimum absolute atomic E-state index is 0.495. The third-order valence-corrected chi connectivity index (χ3v) is 4.36. The molecule has 1 atom stereocenters. The van der Waals surface area contributed by atoms with Crippen molar-refractivity contribution >= 4 is 0 Å². The van der Waals surface area contributed by atoms with Crippen LogP contribution >= 0.6 is 0 Å². The van der Waals surface area contributed by atoms with Gasteiger partial charge in [0.05, 0.1) is 13.2 Å². The Kier molecular flexibility index (Phi) is 7.25. The van der Waals surface area contributed by atoms with E-state index in [-0.39, 0.29) is 0 Å². The molecule has 2 heteroatoms. The van der Waals surface area contributed by atoms with Crippen LogP contribution in [0.1, 0.15) is 51.5 Å². The Balaban J connectivity index is 1.70. The molecule has 0 aliphatic heterocycles. The van der Waals surface area contributed by atoms with E-state index in [1.54, 1.807) is 0 Å². The van der Waals surface area contributed by atoms with Crippen molar-refractivity contribution in [1.82, 2.24) is 5.32 Å². The molecule has 0 aromatic heterocycles. The molecule has 1 fully saturated rings. The van der Waals surface area contributed by atoms with Gasteiger partial charge in [-0.3, -0.25) is 0 Å². The van der Waals surface area contributed by atoms with E-state index >= 15 is 0 Å². The zero-order chi connectivity index (χ0) is 14.9. The van der Waals surface area contributed by atoms with Gasteiger partial charge in [-0.15, -0.1) is 0 Å². The molecule has 1 aromatic rings. The molecular weight excluding hydrogens is 258 g/mol. The standard InChI is InChI=1S/C19H31NO/c1-16(2)12-19(20-13-17-8-6-7-9-17)15-21-14-18-10-4-3-5-11-18/h3-5,10-11,16-17,19-20H,6-9,12-15H2,1-2H3/t19-/m0/s1. The number of hydrogen-bond acceptors (Lipinski definition) is 2. The van der Waals surface area contributed by atoms with E-state index in [1.807, 2.05) is 6.07 Å².